The molecule has 0 radical (unpaired) electrons. The Labute approximate surface area is 162 Å². The molecule has 28 heavy (non-hydrogen) atoms. The van der Waals surface area contributed by atoms with Crippen LogP contribution in [0.5, 0.6) is 0 Å². The first-order valence-corrected chi connectivity index (χ1v) is 9.43. The van der Waals surface area contributed by atoms with E-state index < -0.39 is 12.0 Å². The standard InChI is InChI=1S/C19H24FN5O3/c1-13-21-22-23-25(13)17(11-14-4-7-16(20)8-5-14)19(28)24-10-2-3-15(12-24)6-9-18(26)27/h4-5,7-8,15,17H,2-3,6,9-12H2,1H3,(H,26,27)/t15-,17+/m0/s1. The first-order chi connectivity index (χ1) is 13.4. The van der Waals surface area contributed by atoms with Gasteiger partial charge in [-0.1, -0.05) is 12.1 Å². The first kappa shape index (κ1) is 19.9. The fraction of sp³-hybridized carbons (Fsp3) is 0.526. The number of benzene rings is 1. The zero-order valence-corrected chi connectivity index (χ0v) is 15.8. The number of hydrogen-bond donors (Lipinski definition) is 1. The molecule has 0 unspecified atom stereocenters. The molecule has 0 aliphatic carbocycles. The number of carboxylic acid groups (broad SMARTS) is 1. The minimum atomic E-state index is -0.818. The minimum absolute atomic E-state index is 0.0975. The number of nitrogens with zero attached hydrogens (tertiary/aromatic N) is 5. The second-order valence-corrected chi connectivity index (χ2v) is 7.24. The molecule has 1 aliphatic heterocycles. The molecule has 9 heteroatoms. The maximum atomic E-state index is 13.3. The van der Waals surface area contributed by atoms with Crippen molar-refractivity contribution in [2.24, 2.45) is 5.92 Å². The van der Waals surface area contributed by atoms with Gasteiger partial charge < -0.3 is 10.0 Å². The van der Waals surface area contributed by atoms with Crippen molar-refractivity contribution in [3.05, 3.63) is 41.5 Å². The highest BCUT2D eigenvalue weighted by molar-refractivity contribution is 5.81. The van der Waals surface area contributed by atoms with Crippen molar-refractivity contribution < 1.29 is 19.1 Å². The quantitative estimate of drug-likeness (QED) is 0.777. The third-order valence-corrected chi connectivity index (χ3v) is 5.18. The molecule has 8 nitrogen and oxygen atoms in total. The Morgan fingerprint density at radius 1 is 1.32 bits per heavy atom. The van der Waals surface area contributed by atoms with Crippen LogP contribution in [0.25, 0.3) is 0 Å². The minimum Gasteiger partial charge on any atom is -0.481 e. The maximum absolute atomic E-state index is 13.3. The number of carbonyl (C=O) groups is 2. The second-order valence-electron chi connectivity index (χ2n) is 7.24. The molecule has 0 saturated carbocycles. The summed E-state index contributed by atoms with van der Waals surface area (Å²) < 4.78 is 14.7. The van der Waals surface area contributed by atoms with E-state index in [4.69, 9.17) is 5.11 Å². The van der Waals surface area contributed by atoms with Crippen LogP contribution in [-0.2, 0) is 16.0 Å². The van der Waals surface area contributed by atoms with Crippen LogP contribution in [0.2, 0.25) is 0 Å². The molecule has 1 N–H and O–H groups in total. The van der Waals surface area contributed by atoms with Gasteiger partial charge in [-0.2, -0.15) is 0 Å². The summed E-state index contributed by atoms with van der Waals surface area (Å²) in [6.45, 7) is 2.90. The lowest BCUT2D eigenvalue weighted by Gasteiger charge is -2.35. The number of hydrogen-bond acceptors (Lipinski definition) is 5. The van der Waals surface area contributed by atoms with Crippen LogP contribution in [0.3, 0.4) is 0 Å². The molecule has 1 saturated heterocycles. The van der Waals surface area contributed by atoms with E-state index in [1.807, 2.05) is 0 Å². The number of amides is 1. The average Bonchev–Trinajstić information content (AvgIpc) is 3.11. The molecule has 2 aromatic rings. The van der Waals surface area contributed by atoms with Crippen LogP contribution < -0.4 is 0 Å². The highest BCUT2D eigenvalue weighted by Gasteiger charge is 2.32. The zero-order valence-electron chi connectivity index (χ0n) is 15.8. The molecule has 2 atom stereocenters. The predicted molar refractivity (Wildman–Crippen MR) is 97.9 cm³/mol. The molecule has 1 aliphatic rings. The van der Waals surface area contributed by atoms with Crippen molar-refractivity contribution in [3.63, 3.8) is 0 Å². The molecule has 1 aromatic heterocycles. The van der Waals surface area contributed by atoms with Gasteiger partial charge >= 0.3 is 5.97 Å². The van der Waals surface area contributed by atoms with Gasteiger partial charge in [0.25, 0.3) is 0 Å². The molecule has 150 valence electrons. The number of halogens is 1. The van der Waals surface area contributed by atoms with E-state index in [1.165, 1.54) is 16.8 Å². The summed E-state index contributed by atoms with van der Waals surface area (Å²) in [4.78, 5) is 26.0. The Bertz CT molecular complexity index is 823. The molecule has 0 spiro atoms. The van der Waals surface area contributed by atoms with Gasteiger partial charge in [-0.25, -0.2) is 9.07 Å². The van der Waals surface area contributed by atoms with Gasteiger partial charge in [0, 0.05) is 25.9 Å². The van der Waals surface area contributed by atoms with Crippen molar-refractivity contribution >= 4 is 11.9 Å². The monoisotopic (exact) mass is 389 g/mol. The van der Waals surface area contributed by atoms with E-state index in [0.717, 1.165) is 18.4 Å². The number of tetrazole rings is 1. The van der Waals surface area contributed by atoms with E-state index in [2.05, 4.69) is 15.5 Å². The molecular formula is C19H24FN5O3. The van der Waals surface area contributed by atoms with Gasteiger partial charge in [0.15, 0.2) is 0 Å². The van der Waals surface area contributed by atoms with Crippen LogP contribution in [0.4, 0.5) is 4.39 Å². The maximum Gasteiger partial charge on any atom is 0.303 e. The lowest BCUT2D eigenvalue weighted by Crippen LogP contribution is -2.44. The van der Waals surface area contributed by atoms with E-state index in [1.54, 1.807) is 24.0 Å². The van der Waals surface area contributed by atoms with Crippen LogP contribution >= 0.6 is 0 Å². The summed E-state index contributed by atoms with van der Waals surface area (Å²) in [5, 5.41) is 20.4. The Morgan fingerprint density at radius 2 is 2.07 bits per heavy atom. The van der Waals surface area contributed by atoms with Gasteiger partial charge in [-0.3, -0.25) is 9.59 Å². The number of aryl methyl sites for hydroxylation is 1. The largest absolute Gasteiger partial charge is 0.481 e. The van der Waals surface area contributed by atoms with Crippen molar-refractivity contribution in [3.8, 4) is 0 Å². The van der Waals surface area contributed by atoms with Crippen LogP contribution in [0, 0.1) is 18.7 Å². The molecule has 1 fully saturated rings. The number of piperidine rings is 1. The van der Waals surface area contributed by atoms with Crippen LogP contribution in [0.1, 0.15) is 43.1 Å². The Balaban J connectivity index is 1.77. The number of aliphatic carboxylic acids is 1. The molecule has 3 rings (SSSR count). The van der Waals surface area contributed by atoms with Gasteiger partial charge in [0.1, 0.15) is 17.7 Å². The summed E-state index contributed by atoms with van der Waals surface area (Å²) in [5.41, 5.74) is 0.814. The number of rotatable bonds is 7. The normalized spacial score (nSPS) is 18.1. The van der Waals surface area contributed by atoms with E-state index >= 15 is 0 Å². The number of carbonyl (C=O) groups excluding carboxylic acids is 1. The molecular weight excluding hydrogens is 365 g/mol. The Kier molecular flexibility index (Phi) is 6.33. The SMILES string of the molecule is Cc1nnnn1[C@H](Cc1ccc(F)cc1)C(=O)N1CCC[C@@H](CCC(=O)O)C1. The molecule has 0 bridgehead atoms. The summed E-state index contributed by atoms with van der Waals surface area (Å²) in [7, 11) is 0. The number of aromatic nitrogens is 4. The second kappa shape index (κ2) is 8.90. The lowest BCUT2D eigenvalue weighted by atomic mass is 9.92. The zero-order chi connectivity index (χ0) is 20.1. The number of carboxylic acids is 1. The van der Waals surface area contributed by atoms with Gasteiger partial charge in [0.2, 0.25) is 5.91 Å². The number of likely N-dealkylation sites (tertiary alicyclic amines) is 1. The van der Waals surface area contributed by atoms with Crippen molar-refractivity contribution in [1.82, 2.24) is 25.1 Å². The van der Waals surface area contributed by atoms with Gasteiger partial charge in [0.05, 0.1) is 0 Å². The van der Waals surface area contributed by atoms with Crippen molar-refractivity contribution in [2.45, 2.75) is 45.1 Å². The van der Waals surface area contributed by atoms with E-state index in [9.17, 15) is 14.0 Å². The smallest absolute Gasteiger partial charge is 0.303 e. The highest BCUT2D eigenvalue weighted by Crippen LogP contribution is 2.25. The first-order valence-electron chi connectivity index (χ1n) is 9.43. The van der Waals surface area contributed by atoms with Crippen molar-refractivity contribution in [2.75, 3.05) is 13.1 Å². The van der Waals surface area contributed by atoms with Gasteiger partial charge in [-0.05, 0) is 60.2 Å². The summed E-state index contributed by atoms with van der Waals surface area (Å²) in [6, 6.07) is 5.42. The average molecular weight is 389 g/mol. The third-order valence-electron chi connectivity index (χ3n) is 5.18. The molecule has 1 amide bonds. The summed E-state index contributed by atoms with van der Waals surface area (Å²) in [5.74, 6) is -0.542. The Hall–Kier alpha value is -2.84. The van der Waals surface area contributed by atoms with Crippen LogP contribution in [0.15, 0.2) is 24.3 Å². The molecule has 2 heterocycles. The fourth-order valence-electron chi connectivity index (χ4n) is 3.69. The lowest BCUT2D eigenvalue weighted by molar-refractivity contribution is -0.138. The predicted octanol–water partition coefficient (Wildman–Crippen LogP) is 2.01. The molecule has 1 aromatic carbocycles. The Morgan fingerprint density at radius 3 is 2.71 bits per heavy atom. The summed E-state index contributed by atoms with van der Waals surface area (Å²) >= 11 is 0. The fourth-order valence-corrected chi connectivity index (χ4v) is 3.69. The summed E-state index contributed by atoms with van der Waals surface area (Å²) in [6.07, 6.45) is 2.78. The van der Waals surface area contributed by atoms with E-state index in [0.29, 0.717) is 31.8 Å². The highest BCUT2D eigenvalue weighted by atomic mass is 19.1. The van der Waals surface area contributed by atoms with Crippen LogP contribution in [-0.4, -0.2) is 55.2 Å². The third kappa shape index (κ3) is 4.90. The van der Waals surface area contributed by atoms with Gasteiger partial charge in [-0.15, -0.1) is 5.10 Å². The topological polar surface area (TPSA) is 101 Å². The van der Waals surface area contributed by atoms with E-state index in [-0.39, 0.29) is 24.1 Å². The van der Waals surface area contributed by atoms with Crippen molar-refractivity contribution in [1.29, 1.82) is 0 Å².